The van der Waals surface area contributed by atoms with Crippen molar-refractivity contribution in [2.45, 2.75) is 6.18 Å². The van der Waals surface area contributed by atoms with Gasteiger partial charge in [-0.05, 0) is 0 Å². The number of alkyl halides is 3. The van der Waals surface area contributed by atoms with Crippen molar-refractivity contribution in [3.05, 3.63) is 26.7 Å². The molecule has 0 aliphatic heterocycles. The molecule has 92 valence electrons. The van der Waals surface area contributed by atoms with Gasteiger partial charge in [0.25, 0.3) is 0 Å². The van der Waals surface area contributed by atoms with E-state index in [9.17, 15) is 17.6 Å². The Labute approximate surface area is 106 Å². The zero-order valence-electron chi connectivity index (χ0n) is 7.59. The van der Waals surface area contributed by atoms with Crippen molar-refractivity contribution in [2.75, 3.05) is 0 Å². The van der Waals surface area contributed by atoms with Crippen LogP contribution in [0.5, 0.6) is 0 Å². The van der Waals surface area contributed by atoms with E-state index in [4.69, 9.17) is 34.8 Å². The van der Waals surface area contributed by atoms with Crippen LogP contribution in [0.1, 0.15) is 5.82 Å². The molecule has 1 aromatic carbocycles. The molecule has 9 heteroatoms. The molecule has 0 aliphatic rings. The molecule has 0 aliphatic carbocycles. The van der Waals surface area contributed by atoms with Gasteiger partial charge in [0.1, 0.15) is 10.5 Å². The van der Waals surface area contributed by atoms with E-state index in [0.717, 1.165) is 0 Å². The standard InChI is InChI=1S/C8HCl3F4N2/c9-1-2(10)5-6(3(11)4(1)12)17-7(16-5)8(13,14)15/h(H,16,17). The van der Waals surface area contributed by atoms with Crippen LogP contribution < -0.4 is 0 Å². The van der Waals surface area contributed by atoms with Crippen molar-refractivity contribution in [3.8, 4) is 0 Å². The molecule has 2 nitrogen and oxygen atoms in total. The highest BCUT2D eigenvalue weighted by Gasteiger charge is 2.36. The summed E-state index contributed by atoms with van der Waals surface area (Å²) < 4.78 is 50.5. The first-order valence-electron chi connectivity index (χ1n) is 4.02. The van der Waals surface area contributed by atoms with E-state index >= 15 is 0 Å². The Morgan fingerprint density at radius 2 is 1.59 bits per heavy atom. The summed E-state index contributed by atoms with van der Waals surface area (Å²) >= 11 is 16.6. The maximum absolute atomic E-state index is 13.3. The average Bonchev–Trinajstić information content (AvgIpc) is 2.67. The third-order valence-electron chi connectivity index (χ3n) is 1.98. The molecule has 2 aromatic rings. The second-order valence-corrected chi connectivity index (χ2v) is 4.20. The number of nitrogens with zero attached hydrogens (tertiary/aromatic N) is 1. The number of benzene rings is 1. The highest BCUT2D eigenvalue weighted by atomic mass is 35.5. The summed E-state index contributed by atoms with van der Waals surface area (Å²) in [4.78, 5) is 5.06. The minimum atomic E-state index is -4.71. The fraction of sp³-hybridized carbons (Fsp3) is 0.125. The molecule has 0 bridgehead atoms. The zero-order valence-corrected chi connectivity index (χ0v) is 9.86. The maximum atomic E-state index is 13.3. The molecule has 0 fully saturated rings. The number of hydrogen-bond donors (Lipinski definition) is 1. The summed E-state index contributed by atoms with van der Waals surface area (Å²) in [5, 5.41) is -1.57. The van der Waals surface area contributed by atoms with E-state index in [1.54, 1.807) is 0 Å². The lowest BCUT2D eigenvalue weighted by atomic mass is 10.3. The van der Waals surface area contributed by atoms with Gasteiger partial charge in [-0.1, -0.05) is 34.8 Å². The predicted octanol–water partition coefficient (Wildman–Crippen LogP) is 4.68. The van der Waals surface area contributed by atoms with Crippen LogP contribution in [0.15, 0.2) is 0 Å². The minimum Gasteiger partial charge on any atom is -0.333 e. The Hall–Kier alpha value is -0.720. The topological polar surface area (TPSA) is 28.7 Å². The number of aromatic amines is 1. The highest BCUT2D eigenvalue weighted by Crippen LogP contribution is 2.39. The van der Waals surface area contributed by atoms with Gasteiger partial charge >= 0.3 is 6.18 Å². The lowest BCUT2D eigenvalue weighted by molar-refractivity contribution is -0.144. The first kappa shape index (κ1) is 12.7. The van der Waals surface area contributed by atoms with Crippen molar-refractivity contribution in [1.82, 2.24) is 9.97 Å². The maximum Gasteiger partial charge on any atom is 0.449 e. The number of rotatable bonds is 0. The number of nitrogens with one attached hydrogen (secondary N) is 1. The van der Waals surface area contributed by atoms with Gasteiger partial charge in [-0.15, -0.1) is 0 Å². The van der Waals surface area contributed by atoms with E-state index in [1.807, 2.05) is 4.98 Å². The van der Waals surface area contributed by atoms with Crippen molar-refractivity contribution in [2.24, 2.45) is 0 Å². The number of imidazole rings is 1. The van der Waals surface area contributed by atoms with Crippen LogP contribution in [0.25, 0.3) is 11.0 Å². The second kappa shape index (κ2) is 3.90. The largest absolute Gasteiger partial charge is 0.449 e. The molecule has 0 spiro atoms. The Morgan fingerprint density at radius 3 is 2.12 bits per heavy atom. The SMILES string of the molecule is Fc1c(Cl)c(Cl)c2nc(C(F)(F)F)[nH]c2c1Cl. The second-order valence-electron chi connectivity index (χ2n) is 3.06. The zero-order chi connectivity index (χ0) is 13.0. The monoisotopic (exact) mass is 306 g/mol. The fourth-order valence-electron chi connectivity index (χ4n) is 1.23. The molecule has 0 atom stereocenters. The molecule has 17 heavy (non-hydrogen) atoms. The number of fused-ring (bicyclic) bond motifs is 1. The van der Waals surface area contributed by atoms with Crippen molar-refractivity contribution >= 4 is 45.8 Å². The Bertz CT molecular complexity index is 560. The Morgan fingerprint density at radius 1 is 1.00 bits per heavy atom. The van der Waals surface area contributed by atoms with Gasteiger partial charge in [0, 0.05) is 0 Å². The lowest BCUT2D eigenvalue weighted by Gasteiger charge is -2.01. The number of H-pyrrole nitrogens is 1. The van der Waals surface area contributed by atoms with Crippen LogP contribution in [0.4, 0.5) is 17.6 Å². The minimum absolute atomic E-state index is 0.324. The van der Waals surface area contributed by atoms with Crippen molar-refractivity contribution in [1.29, 1.82) is 0 Å². The van der Waals surface area contributed by atoms with E-state index in [1.165, 1.54) is 0 Å². The van der Waals surface area contributed by atoms with E-state index in [-0.39, 0.29) is 11.0 Å². The van der Waals surface area contributed by atoms with Gasteiger partial charge < -0.3 is 4.98 Å². The van der Waals surface area contributed by atoms with Crippen LogP contribution in [-0.2, 0) is 6.18 Å². The van der Waals surface area contributed by atoms with Crippen LogP contribution in [0, 0.1) is 5.82 Å². The van der Waals surface area contributed by atoms with Crippen molar-refractivity contribution < 1.29 is 17.6 Å². The van der Waals surface area contributed by atoms with Gasteiger partial charge in [-0.25, -0.2) is 9.37 Å². The first-order chi connectivity index (χ1) is 7.73. The van der Waals surface area contributed by atoms with Gasteiger partial charge in [0.15, 0.2) is 5.82 Å². The fourth-order valence-corrected chi connectivity index (χ4v) is 1.91. The molecule has 1 aromatic heterocycles. The third kappa shape index (κ3) is 1.94. The average molecular weight is 307 g/mol. The van der Waals surface area contributed by atoms with Gasteiger partial charge in [0.2, 0.25) is 5.82 Å². The van der Waals surface area contributed by atoms with E-state index in [0.29, 0.717) is 0 Å². The number of hydrogen-bond acceptors (Lipinski definition) is 1. The molecule has 1 N–H and O–H groups in total. The van der Waals surface area contributed by atoms with E-state index < -0.39 is 32.9 Å². The molecular formula is C8HCl3F4N2. The molecular weight excluding hydrogens is 306 g/mol. The van der Waals surface area contributed by atoms with Gasteiger partial charge in [-0.2, -0.15) is 13.2 Å². The molecule has 0 unspecified atom stereocenters. The lowest BCUT2D eigenvalue weighted by Crippen LogP contribution is -2.06. The summed E-state index contributed by atoms with van der Waals surface area (Å²) in [6, 6.07) is 0. The Kier molecular flexibility index (Phi) is 2.92. The summed E-state index contributed by atoms with van der Waals surface area (Å²) in [5.41, 5.74) is -0.665. The van der Waals surface area contributed by atoms with Crippen molar-refractivity contribution in [3.63, 3.8) is 0 Å². The van der Waals surface area contributed by atoms with Crippen LogP contribution in [0.2, 0.25) is 15.1 Å². The number of halogens is 7. The predicted molar refractivity (Wildman–Crippen MR) is 56.1 cm³/mol. The Balaban J connectivity index is 2.86. The van der Waals surface area contributed by atoms with Crippen LogP contribution in [0.3, 0.4) is 0 Å². The summed E-state index contributed by atoms with van der Waals surface area (Å²) in [6.45, 7) is 0. The number of aromatic nitrogens is 2. The summed E-state index contributed by atoms with van der Waals surface area (Å²) in [5.74, 6) is -2.42. The summed E-state index contributed by atoms with van der Waals surface area (Å²) in [7, 11) is 0. The highest BCUT2D eigenvalue weighted by molar-refractivity contribution is 6.47. The normalized spacial score (nSPS) is 12.4. The van der Waals surface area contributed by atoms with E-state index in [2.05, 4.69) is 4.98 Å². The molecule has 0 saturated heterocycles. The smallest absolute Gasteiger partial charge is 0.333 e. The van der Waals surface area contributed by atoms with Crippen LogP contribution in [-0.4, -0.2) is 9.97 Å². The summed E-state index contributed by atoms with van der Waals surface area (Å²) in [6.07, 6.45) is -4.71. The molecule has 1 heterocycles. The van der Waals surface area contributed by atoms with Gasteiger partial charge in [0.05, 0.1) is 15.6 Å². The molecule has 0 radical (unpaired) electrons. The first-order valence-corrected chi connectivity index (χ1v) is 5.15. The third-order valence-corrected chi connectivity index (χ3v) is 3.15. The molecule has 2 rings (SSSR count). The quantitative estimate of drug-likeness (QED) is 0.427. The van der Waals surface area contributed by atoms with Gasteiger partial charge in [-0.3, -0.25) is 0 Å². The van der Waals surface area contributed by atoms with Crippen LogP contribution >= 0.6 is 34.8 Å². The molecule has 0 saturated carbocycles. The molecule has 0 amide bonds.